The van der Waals surface area contributed by atoms with Crippen LogP contribution >= 0.6 is 0 Å². The van der Waals surface area contributed by atoms with E-state index in [4.69, 9.17) is 9.47 Å². The quantitative estimate of drug-likeness (QED) is 0.321. The Morgan fingerprint density at radius 2 is 1.67 bits per heavy atom. The zero-order valence-electron chi connectivity index (χ0n) is 28.2. The molecule has 0 radical (unpaired) electrons. The van der Waals surface area contributed by atoms with Gasteiger partial charge in [0.15, 0.2) is 0 Å². The van der Waals surface area contributed by atoms with Gasteiger partial charge in [0.25, 0.3) is 15.9 Å². The van der Waals surface area contributed by atoms with Crippen LogP contribution in [0.1, 0.15) is 56.0 Å². The van der Waals surface area contributed by atoms with E-state index in [1.807, 2.05) is 20.8 Å². The molecule has 0 fully saturated rings. The van der Waals surface area contributed by atoms with Crippen LogP contribution in [0.2, 0.25) is 0 Å². The maximum absolute atomic E-state index is 14.4. The number of aliphatic hydroxyl groups excluding tert-OH is 1. The Hall–Kier alpha value is -3.49. The number of hydrogen-bond acceptors (Lipinski definition) is 8. The van der Waals surface area contributed by atoms with Gasteiger partial charge in [-0.25, -0.2) is 16.8 Å². The monoisotopic (exact) mass is 701 g/mol. The molecule has 0 bridgehead atoms. The molecule has 13 heteroatoms. The number of rotatable bonds is 9. The molecule has 48 heavy (non-hydrogen) atoms. The molecular weight excluding hydrogens is 655 g/mol. The predicted molar refractivity (Wildman–Crippen MR) is 185 cm³/mol. The van der Waals surface area contributed by atoms with Crippen molar-refractivity contribution >= 4 is 31.6 Å². The first-order valence-electron chi connectivity index (χ1n) is 16.2. The first kappa shape index (κ1) is 37.3. The van der Waals surface area contributed by atoms with Gasteiger partial charge in [0.1, 0.15) is 5.75 Å². The van der Waals surface area contributed by atoms with Crippen molar-refractivity contribution in [2.75, 3.05) is 38.1 Å². The summed E-state index contributed by atoms with van der Waals surface area (Å²) in [5.74, 6) is -0.527. The van der Waals surface area contributed by atoms with Crippen LogP contribution in [-0.4, -0.2) is 88.7 Å². The fourth-order valence-corrected chi connectivity index (χ4v) is 7.76. The Morgan fingerprint density at radius 1 is 0.979 bits per heavy atom. The molecule has 1 heterocycles. The SMILES string of the molecule is Cc1ccc(S(=O)(=O)Nc2ccc3c(c2)C(=O)N([C@@H](C)CO)C[C@@H](C)[C@H](CN(C)S(=O)(=O)c2ccccc2)OCCCC[C@@H](C)O3)cc1. The van der Waals surface area contributed by atoms with Crippen molar-refractivity contribution in [1.82, 2.24) is 9.21 Å². The number of likely N-dealkylation sites (N-methyl/N-ethyl adjacent to an activating group) is 1. The molecule has 262 valence electrons. The van der Waals surface area contributed by atoms with Crippen LogP contribution < -0.4 is 9.46 Å². The highest BCUT2D eigenvalue weighted by molar-refractivity contribution is 7.92. The number of carbonyl (C=O) groups is 1. The van der Waals surface area contributed by atoms with Gasteiger partial charge in [-0.15, -0.1) is 0 Å². The Bertz CT molecular complexity index is 1740. The Balaban J connectivity index is 1.68. The number of sulfonamides is 2. The lowest BCUT2D eigenvalue weighted by atomic mass is 10.0. The van der Waals surface area contributed by atoms with Gasteiger partial charge < -0.3 is 19.5 Å². The van der Waals surface area contributed by atoms with Crippen molar-refractivity contribution in [3.05, 3.63) is 83.9 Å². The molecule has 1 amide bonds. The zero-order valence-corrected chi connectivity index (χ0v) is 29.8. The van der Waals surface area contributed by atoms with E-state index >= 15 is 0 Å². The minimum absolute atomic E-state index is 0.0506. The Kier molecular flexibility index (Phi) is 12.7. The first-order chi connectivity index (χ1) is 22.7. The van der Waals surface area contributed by atoms with E-state index in [2.05, 4.69) is 4.72 Å². The van der Waals surface area contributed by atoms with Gasteiger partial charge in [-0.05, 0) is 82.5 Å². The van der Waals surface area contributed by atoms with Crippen molar-refractivity contribution in [2.45, 2.75) is 75.0 Å². The summed E-state index contributed by atoms with van der Waals surface area (Å²) >= 11 is 0. The van der Waals surface area contributed by atoms with Crippen molar-refractivity contribution in [3.8, 4) is 5.75 Å². The molecule has 0 unspecified atom stereocenters. The average molecular weight is 702 g/mol. The number of hydrogen-bond donors (Lipinski definition) is 2. The molecule has 0 aliphatic carbocycles. The van der Waals surface area contributed by atoms with Gasteiger partial charge in [0.2, 0.25) is 10.0 Å². The second-order valence-electron chi connectivity index (χ2n) is 12.5. The van der Waals surface area contributed by atoms with Crippen LogP contribution in [0.5, 0.6) is 5.75 Å². The van der Waals surface area contributed by atoms with E-state index in [1.165, 1.54) is 34.5 Å². The summed E-state index contributed by atoms with van der Waals surface area (Å²) in [7, 11) is -6.24. The lowest BCUT2D eigenvalue weighted by Crippen LogP contribution is -2.48. The van der Waals surface area contributed by atoms with Crippen molar-refractivity contribution in [3.63, 3.8) is 0 Å². The van der Waals surface area contributed by atoms with Gasteiger partial charge in [-0.1, -0.05) is 42.8 Å². The van der Waals surface area contributed by atoms with Gasteiger partial charge in [0, 0.05) is 38.3 Å². The van der Waals surface area contributed by atoms with E-state index < -0.39 is 38.1 Å². The number of amides is 1. The summed E-state index contributed by atoms with van der Waals surface area (Å²) in [6, 6.07) is 18.6. The number of ether oxygens (including phenoxy) is 2. The highest BCUT2D eigenvalue weighted by Crippen LogP contribution is 2.30. The number of fused-ring (bicyclic) bond motifs is 1. The highest BCUT2D eigenvalue weighted by atomic mass is 32.2. The highest BCUT2D eigenvalue weighted by Gasteiger charge is 2.32. The maximum Gasteiger partial charge on any atom is 0.261 e. The van der Waals surface area contributed by atoms with Gasteiger partial charge >= 0.3 is 0 Å². The third-order valence-electron chi connectivity index (χ3n) is 8.52. The normalized spacial score (nSPS) is 20.8. The number of carbonyl (C=O) groups excluding carboxylic acids is 1. The number of nitrogens with zero attached hydrogens (tertiary/aromatic N) is 2. The summed E-state index contributed by atoms with van der Waals surface area (Å²) in [4.78, 5) is 16.1. The number of aliphatic hydroxyl groups is 1. The molecule has 4 rings (SSSR count). The molecule has 1 aliphatic rings. The lowest BCUT2D eigenvalue weighted by molar-refractivity contribution is -0.00833. The van der Waals surface area contributed by atoms with Crippen molar-refractivity contribution in [1.29, 1.82) is 0 Å². The molecule has 3 aromatic carbocycles. The Morgan fingerprint density at radius 3 is 2.33 bits per heavy atom. The molecule has 1 aliphatic heterocycles. The molecule has 4 atom stereocenters. The van der Waals surface area contributed by atoms with Crippen molar-refractivity contribution in [2.24, 2.45) is 5.92 Å². The van der Waals surface area contributed by atoms with Crippen LogP contribution in [-0.2, 0) is 24.8 Å². The van der Waals surface area contributed by atoms with Crippen LogP contribution in [0.15, 0.2) is 82.6 Å². The maximum atomic E-state index is 14.4. The number of anilines is 1. The second-order valence-corrected chi connectivity index (χ2v) is 16.3. The average Bonchev–Trinajstić information content (AvgIpc) is 3.06. The number of benzene rings is 3. The van der Waals surface area contributed by atoms with E-state index in [-0.39, 0.29) is 52.8 Å². The number of aryl methyl sites for hydroxylation is 1. The third kappa shape index (κ3) is 9.35. The van der Waals surface area contributed by atoms with E-state index in [9.17, 15) is 26.7 Å². The standard InChI is InChI=1S/C35H47N3O8S2/c1-25-14-17-30(18-15-25)47(41,42)36-29-16-19-33-32(21-29)35(40)38(27(3)24-39)22-26(2)34(45-20-10-9-11-28(4)46-33)23-37(5)48(43,44)31-12-7-6-8-13-31/h6-8,12-19,21,26-28,34,36,39H,9-11,20,22-24H2,1-5H3/t26-,27+,28-,34+/m1/s1. The van der Waals surface area contributed by atoms with Crippen LogP contribution in [0.25, 0.3) is 0 Å². The fourth-order valence-electron chi connectivity index (χ4n) is 5.50. The van der Waals surface area contributed by atoms with Gasteiger partial charge in [-0.3, -0.25) is 9.52 Å². The molecule has 0 aromatic heterocycles. The van der Waals surface area contributed by atoms with Crippen LogP contribution in [0.4, 0.5) is 5.69 Å². The molecule has 2 N–H and O–H groups in total. The van der Waals surface area contributed by atoms with Gasteiger partial charge in [0.05, 0.1) is 40.2 Å². The van der Waals surface area contributed by atoms with E-state index in [1.54, 1.807) is 61.5 Å². The van der Waals surface area contributed by atoms with Crippen LogP contribution in [0, 0.1) is 12.8 Å². The lowest BCUT2D eigenvalue weighted by Gasteiger charge is -2.35. The Labute approximate surface area is 285 Å². The van der Waals surface area contributed by atoms with Crippen molar-refractivity contribution < 1.29 is 36.2 Å². The fraction of sp³-hybridized carbons (Fsp3) is 0.457. The van der Waals surface area contributed by atoms with Gasteiger partial charge in [-0.2, -0.15) is 4.31 Å². The summed E-state index contributed by atoms with van der Waals surface area (Å²) < 4.78 is 69.5. The molecule has 3 aromatic rings. The molecule has 0 spiro atoms. The molecule has 0 saturated carbocycles. The summed E-state index contributed by atoms with van der Waals surface area (Å²) in [5, 5.41) is 10.2. The third-order valence-corrected chi connectivity index (χ3v) is 11.8. The van der Waals surface area contributed by atoms with Crippen LogP contribution in [0.3, 0.4) is 0 Å². The summed E-state index contributed by atoms with van der Waals surface area (Å²) in [5.41, 5.74) is 1.23. The zero-order chi connectivity index (χ0) is 35.1. The predicted octanol–water partition coefficient (Wildman–Crippen LogP) is 4.91. The summed E-state index contributed by atoms with van der Waals surface area (Å²) in [6.45, 7) is 7.59. The molecule has 0 saturated heterocycles. The molecule has 11 nitrogen and oxygen atoms in total. The van der Waals surface area contributed by atoms with E-state index in [0.29, 0.717) is 25.2 Å². The topological polar surface area (TPSA) is 143 Å². The minimum atomic E-state index is -3.95. The second kappa shape index (κ2) is 16.3. The van der Waals surface area contributed by atoms with E-state index in [0.717, 1.165) is 12.0 Å². The smallest absolute Gasteiger partial charge is 0.261 e. The summed E-state index contributed by atoms with van der Waals surface area (Å²) in [6.07, 6.45) is 1.31. The minimum Gasteiger partial charge on any atom is -0.490 e. The molecular formula is C35H47N3O8S2. The number of nitrogens with one attached hydrogen (secondary N) is 1. The largest absolute Gasteiger partial charge is 0.490 e. The first-order valence-corrected chi connectivity index (χ1v) is 19.1.